The first-order valence-corrected chi connectivity index (χ1v) is 9.02. The number of carbonyl (C=O) groups is 1. The molecule has 1 aromatic carbocycles. The van der Waals surface area contributed by atoms with E-state index in [1.165, 1.54) is 23.0 Å². The molecule has 0 aliphatic rings. The molecule has 2 aromatic heterocycles. The van der Waals surface area contributed by atoms with Crippen molar-refractivity contribution in [3.8, 4) is 0 Å². The fourth-order valence-electron chi connectivity index (χ4n) is 2.29. The van der Waals surface area contributed by atoms with Crippen LogP contribution in [0.1, 0.15) is 17.3 Å². The molecule has 1 unspecified atom stereocenters. The third-order valence-electron chi connectivity index (χ3n) is 3.67. The van der Waals surface area contributed by atoms with Gasteiger partial charge in [0.1, 0.15) is 6.10 Å². The van der Waals surface area contributed by atoms with E-state index in [-0.39, 0.29) is 23.5 Å². The molecule has 10 heteroatoms. The molecule has 1 amide bonds. The molecule has 3 aromatic rings. The number of hydrogen-bond donors (Lipinski definition) is 3. The van der Waals surface area contributed by atoms with E-state index < -0.39 is 17.8 Å². The van der Waals surface area contributed by atoms with Crippen LogP contribution in [0.5, 0.6) is 0 Å². The van der Waals surface area contributed by atoms with Crippen LogP contribution in [-0.4, -0.2) is 33.1 Å². The van der Waals surface area contributed by atoms with Crippen molar-refractivity contribution in [1.82, 2.24) is 14.9 Å². The van der Waals surface area contributed by atoms with E-state index in [4.69, 9.17) is 21.5 Å². The fraction of sp³-hybridized carbons (Fsp3) is 0.176. The predicted octanol–water partition coefficient (Wildman–Crippen LogP) is 3.68. The molecule has 0 fully saturated rings. The third kappa shape index (κ3) is 4.22. The number of pyridine rings is 1. The molecule has 7 nitrogen and oxygen atoms in total. The van der Waals surface area contributed by atoms with E-state index in [1.807, 2.05) is 0 Å². The van der Waals surface area contributed by atoms with E-state index in [1.54, 1.807) is 25.1 Å². The lowest BCUT2D eigenvalue weighted by Crippen LogP contribution is -2.30. The molecular formula is C17H15BrClFN4O3. The lowest BCUT2D eigenvalue weighted by atomic mass is 10.2. The molecule has 0 saturated heterocycles. The second-order valence-corrected chi connectivity index (χ2v) is 7.00. The predicted molar refractivity (Wildman–Crippen MR) is 103 cm³/mol. The van der Waals surface area contributed by atoms with Gasteiger partial charge in [0.2, 0.25) is 0 Å². The number of nitrogens with zero attached hydrogens (tertiary/aromatic N) is 2. The zero-order valence-electron chi connectivity index (χ0n) is 14.0. The largest absolute Gasteiger partial charge is 0.394 e. The Labute approximate surface area is 167 Å². The Morgan fingerprint density at radius 1 is 1.52 bits per heavy atom. The number of amides is 1. The summed E-state index contributed by atoms with van der Waals surface area (Å²) in [4.78, 5) is 21.5. The van der Waals surface area contributed by atoms with Crippen LogP contribution in [0, 0.1) is 5.82 Å². The summed E-state index contributed by atoms with van der Waals surface area (Å²) in [5, 5.41) is 12.2. The van der Waals surface area contributed by atoms with Crippen molar-refractivity contribution >= 4 is 50.5 Å². The Morgan fingerprint density at radius 3 is 3.00 bits per heavy atom. The number of rotatable bonds is 6. The average Bonchev–Trinajstić information content (AvgIpc) is 3.12. The number of aliphatic hydroxyl groups is 1. The van der Waals surface area contributed by atoms with Crippen LogP contribution in [0.15, 0.2) is 41.3 Å². The van der Waals surface area contributed by atoms with Crippen LogP contribution in [0.4, 0.5) is 15.8 Å². The summed E-state index contributed by atoms with van der Waals surface area (Å²) in [6.07, 6.45) is 3.74. The highest BCUT2D eigenvalue weighted by Crippen LogP contribution is 2.32. The Hall–Kier alpha value is -2.20. The van der Waals surface area contributed by atoms with E-state index >= 15 is 4.39 Å². The second kappa shape index (κ2) is 8.22. The Bertz CT molecular complexity index is 998. The van der Waals surface area contributed by atoms with E-state index in [2.05, 4.69) is 31.7 Å². The van der Waals surface area contributed by atoms with E-state index in [9.17, 15) is 4.79 Å². The number of anilines is 2. The molecular weight excluding hydrogens is 443 g/mol. The minimum Gasteiger partial charge on any atom is -0.394 e. The van der Waals surface area contributed by atoms with Gasteiger partial charge >= 0.3 is 0 Å². The van der Waals surface area contributed by atoms with Crippen LogP contribution >= 0.6 is 27.5 Å². The highest BCUT2D eigenvalue weighted by Gasteiger charge is 2.21. The third-order valence-corrected chi connectivity index (χ3v) is 4.47. The summed E-state index contributed by atoms with van der Waals surface area (Å²) in [7, 11) is 0. The van der Waals surface area contributed by atoms with Crippen LogP contribution in [0.2, 0.25) is 5.02 Å². The molecule has 0 saturated carbocycles. The van der Waals surface area contributed by atoms with Gasteiger partial charge in [-0.1, -0.05) is 27.5 Å². The number of fused-ring (bicyclic) bond motifs is 1. The van der Waals surface area contributed by atoms with E-state index in [0.29, 0.717) is 10.7 Å². The van der Waals surface area contributed by atoms with Gasteiger partial charge in [0.25, 0.3) is 5.91 Å². The molecule has 0 aliphatic carbocycles. The smallest absolute Gasteiger partial charge is 0.278 e. The normalized spacial score (nSPS) is 12.2. The maximum Gasteiger partial charge on any atom is 0.278 e. The first kappa shape index (κ1) is 19.6. The summed E-state index contributed by atoms with van der Waals surface area (Å²) < 4.78 is 17.2. The van der Waals surface area contributed by atoms with Crippen molar-refractivity contribution in [2.45, 2.75) is 13.0 Å². The first-order valence-electron chi connectivity index (χ1n) is 7.84. The maximum absolute atomic E-state index is 15.0. The van der Waals surface area contributed by atoms with Crippen LogP contribution < -0.4 is 10.8 Å². The summed E-state index contributed by atoms with van der Waals surface area (Å²) in [5.41, 5.74) is 2.54. The van der Waals surface area contributed by atoms with Crippen LogP contribution in [-0.2, 0) is 4.84 Å². The molecule has 1 atom stereocenters. The molecule has 2 heterocycles. The molecule has 0 aliphatic heterocycles. The topological polar surface area (TPSA) is 87.9 Å². The van der Waals surface area contributed by atoms with Crippen molar-refractivity contribution in [1.29, 1.82) is 0 Å². The number of nitrogens with one attached hydrogen (secondary N) is 2. The van der Waals surface area contributed by atoms with Crippen molar-refractivity contribution in [3.63, 3.8) is 0 Å². The van der Waals surface area contributed by atoms with Crippen LogP contribution in [0.25, 0.3) is 5.65 Å². The zero-order chi connectivity index (χ0) is 19.6. The van der Waals surface area contributed by atoms with Gasteiger partial charge < -0.3 is 14.8 Å². The van der Waals surface area contributed by atoms with Gasteiger partial charge in [0.05, 0.1) is 28.6 Å². The molecule has 0 bridgehead atoms. The maximum atomic E-state index is 15.0. The number of hydroxylamine groups is 1. The SMILES string of the molecule is CC(CO)ONC(=O)c1cn2ccnc2c(F)c1Nc1ccc(Br)cc1Cl. The van der Waals surface area contributed by atoms with Gasteiger partial charge in [-0.3, -0.25) is 9.63 Å². The number of benzene rings is 1. The van der Waals surface area contributed by atoms with Gasteiger partial charge in [-0.05, 0) is 25.1 Å². The van der Waals surface area contributed by atoms with Crippen molar-refractivity contribution < 1.29 is 19.1 Å². The number of carbonyl (C=O) groups excluding carboxylic acids is 1. The second-order valence-electron chi connectivity index (χ2n) is 5.68. The Morgan fingerprint density at radius 2 is 2.30 bits per heavy atom. The van der Waals surface area contributed by atoms with Gasteiger partial charge in [0, 0.05) is 23.1 Å². The summed E-state index contributed by atoms with van der Waals surface area (Å²) in [6, 6.07) is 5.02. The van der Waals surface area contributed by atoms with Crippen molar-refractivity contribution in [2.75, 3.05) is 11.9 Å². The standard InChI is InChI=1S/C17H15BrClFN4O3/c1-9(8-25)27-23-17(26)11-7-24-5-4-21-16(24)14(20)15(11)22-13-3-2-10(18)6-12(13)19/h2-7,9,22,25H,8H2,1H3,(H,23,26). The van der Waals surface area contributed by atoms with Crippen molar-refractivity contribution in [3.05, 3.63) is 57.7 Å². The summed E-state index contributed by atoms with van der Waals surface area (Å²) in [6.45, 7) is 1.29. The minimum atomic E-state index is -0.721. The number of aliphatic hydroxyl groups excluding tert-OH is 1. The minimum absolute atomic E-state index is 0.0258. The lowest BCUT2D eigenvalue weighted by molar-refractivity contribution is -0.0304. The Balaban J connectivity index is 2.03. The monoisotopic (exact) mass is 456 g/mol. The highest BCUT2D eigenvalue weighted by molar-refractivity contribution is 9.10. The lowest BCUT2D eigenvalue weighted by Gasteiger charge is -2.16. The molecule has 3 N–H and O–H groups in total. The first-order chi connectivity index (χ1) is 12.9. The molecule has 0 spiro atoms. The molecule has 142 valence electrons. The fourth-order valence-corrected chi connectivity index (χ4v) is 3.01. The number of aromatic nitrogens is 2. The van der Waals surface area contributed by atoms with Gasteiger partial charge in [0.15, 0.2) is 11.5 Å². The molecule has 3 rings (SSSR count). The van der Waals surface area contributed by atoms with Gasteiger partial charge in [-0.2, -0.15) is 0 Å². The zero-order valence-corrected chi connectivity index (χ0v) is 16.4. The Kier molecular flexibility index (Phi) is 5.95. The highest BCUT2D eigenvalue weighted by atomic mass is 79.9. The van der Waals surface area contributed by atoms with Crippen LogP contribution in [0.3, 0.4) is 0 Å². The summed E-state index contributed by atoms with van der Waals surface area (Å²) in [5.74, 6) is -1.41. The summed E-state index contributed by atoms with van der Waals surface area (Å²) >= 11 is 9.49. The van der Waals surface area contributed by atoms with E-state index in [0.717, 1.165) is 4.47 Å². The number of imidazole rings is 1. The molecule has 27 heavy (non-hydrogen) atoms. The van der Waals surface area contributed by atoms with Gasteiger partial charge in [-0.25, -0.2) is 14.9 Å². The number of halogens is 3. The number of hydrogen-bond acceptors (Lipinski definition) is 5. The average molecular weight is 458 g/mol. The quantitative estimate of drug-likeness (QED) is 0.492. The molecule has 0 radical (unpaired) electrons. The van der Waals surface area contributed by atoms with Gasteiger partial charge in [-0.15, -0.1) is 0 Å². The van der Waals surface area contributed by atoms with Crippen molar-refractivity contribution in [2.24, 2.45) is 0 Å².